The molecule has 3 unspecified atom stereocenters. The number of amides is 1. The molecule has 114 valence electrons. The first kappa shape index (κ1) is 14.4. The van der Waals surface area contributed by atoms with Crippen LogP contribution < -0.4 is 4.74 Å². The average Bonchev–Trinajstić information content (AvgIpc) is 3.00. The molecule has 1 heterocycles. The van der Waals surface area contributed by atoms with Crippen LogP contribution in [-0.2, 0) is 4.79 Å². The zero-order chi connectivity index (χ0) is 15.0. The van der Waals surface area contributed by atoms with Crippen molar-refractivity contribution >= 4 is 5.91 Å². The summed E-state index contributed by atoms with van der Waals surface area (Å²) < 4.78 is 5.66. The monoisotopic (exact) mass is 289 g/mol. The van der Waals surface area contributed by atoms with E-state index in [1.807, 2.05) is 30.9 Å². The highest BCUT2D eigenvalue weighted by Crippen LogP contribution is 2.38. The van der Waals surface area contributed by atoms with Crippen molar-refractivity contribution < 1.29 is 14.6 Å². The number of hydrogen-bond donors (Lipinski definition) is 1. The lowest BCUT2D eigenvalue weighted by atomic mass is 10.00. The number of carbonyl (C=O) groups excluding carboxylic acids is 1. The molecule has 1 amide bonds. The normalized spacial score (nSPS) is 27.8. The fraction of sp³-hybridized carbons (Fsp3) is 0.588. The number of aryl methyl sites for hydroxylation is 2. The Morgan fingerprint density at radius 2 is 2.14 bits per heavy atom. The number of aliphatic hydroxyl groups is 1. The van der Waals surface area contributed by atoms with Crippen molar-refractivity contribution in [3.8, 4) is 5.75 Å². The molecule has 1 aliphatic heterocycles. The predicted molar refractivity (Wildman–Crippen MR) is 80.2 cm³/mol. The summed E-state index contributed by atoms with van der Waals surface area (Å²) in [5.41, 5.74) is 2.24. The lowest BCUT2D eigenvalue weighted by Gasteiger charge is -2.19. The van der Waals surface area contributed by atoms with E-state index < -0.39 is 0 Å². The number of fused-ring (bicyclic) bond motifs is 1. The number of benzene rings is 1. The van der Waals surface area contributed by atoms with E-state index in [2.05, 4.69) is 6.07 Å². The van der Waals surface area contributed by atoms with E-state index in [-0.39, 0.29) is 24.5 Å². The first-order chi connectivity index (χ1) is 10.0. The van der Waals surface area contributed by atoms with E-state index in [0.717, 1.165) is 30.7 Å². The second kappa shape index (κ2) is 5.68. The summed E-state index contributed by atoms with van der Waals surface area (Å²) in [5, 5.41) is 9.90. The molecule has 2 aliphatic rings. The van der Waals surface area contributed by atoms with Gasteiger partial charge < -0.3 is 14.7 Å². The molecular formula is C17H23NO3. The fourth-order valence-corrected chi connectivity index (χ4v) is 3.63. The molecule has 1 aliphatic carbocycles. The standard InChI is InChI=1S/C17H23NO3/c1-11-3-6-16(12(2)7-11)21-10-17(20)18-8-13-4-5-15(19)14(13)9-18/h3,6-7,13-15,19H,4-5,8-10H2,1-2H3. The quantitative estimate of drug-likeness (QED) is 0.925. The first-order valence-corrected chi connectivity index (χ1v) is 7.70. The molecule has 0 bridgehead atoms. The van der Waals surface area contributed by atoms with Crippen LogP contribution >= 0.6 is 0 Å². The Bertz CT molecular complexity index is 543. The summed E-state index contributed by atoms with van der Waals surface area (Å²) in [4.78, 5) is 14.1. The number of rotatable bonds is 3. The van der Waals surface area contributed by atoms with Crippen molar-refractivity contribution in [3.05, 3.63) is 29.3 Å². The molecule has 1 saturated heterocycles. The van der Waals surface area contributed by atoms with Crippen LogP contribution in [0.2, 0.25) is 0 Å². The number of carbonyl (C=O) groups is 1. The van der Waals surface area contributed by atoms with Gasteiger partial charge in [-0.25, -0.2) is 0 Å². The highest BCUT2D eigenvalue weighted by atomic mass is 16.5. The number of hydrogen-bond acceptors (Lipinski definition) is 3. The molecule has 1 saturated carbocycles. The van der Waals surface area contributed by atoms with Crippen LogP contribution in [0.3, 0.4) is 0 Å². The van der Waals surface area contributed by atoms with Gasteiger partial charge in [-0.15, -0.1) is 0 Å². The third-order valence-electron chi connectivity index (χ3n) is 4.85. The van der Waals surface area contributed by atoms with E-state index in [4.69, 9.17) is 4.74 Å². The molecule has 3 rings (SSSR count). The van der Waals surface area contributed by atoms with E-state index in [1.165, 1.54) is 5.56 Å². The fourth-order valence-electron chi connectivity index (χ4n) is 3.63. The van der Waals surface area contributed by atoms with Crippen molar-refractivity contribution in [3.63, 3.8) is 0 Å². The molecular weight excluding hydrogens is 266 g/mol. The number of aliphatic hydroxyl groups excluding tert-OH is 1. The van der Waals surface area contributed by atoms with Crippen LogP contribution in [0.4, 0.5) is 0 Å². The van der Waals surface area contributed by atoms with Crippen molar-refractivity contribution in [2.24, 2.45) is 11.8 Å². The topological polar surface area (TPSA) is 49.8 Å². The van der Waals surface area contributed by atoms with Crippen molar-refractivity contribution in [1.82, 2.24) is 4.90 Å². The lowest BCUT2D eigenvalue weighted by molar-refractivity contribution is -0.132. The SMILES string of the molecule is Cc1ccc(OCC(=O)N2CC3CCC(O)C3C2)c(C)c1. The van der Waals surface area contributed by atoms with E-state index in [0.29, 0.717) is 12.5 Å². The van der Waals surface area contributed by atoms with Crippen LogP contribution in [0.15, 0.2) is 18.2 Å². The van der Waals surface area contributed by atoms with Gasteiger partial charge in [-0.3, -0.25) is 4.79 Å². The van der Waals surface area contributed by atoms with Crippen molar-refractivity contribution in [1.29, 1.82) is 0 Å². The van der Waals surface area contributed by atoms with Crippen LogP contribution in [0.25, 0.3) is 0 Å². The Morgan fingerprint density at radius 1 is 1.33 bits per heavy atom. The Hall–Kier alpha value is -1.55. The van der Waals surface area contributed by atoms with Crippen LogP contribution in [0, 0.1) is 25.7 Å². The lowest BCUT2D eigenvalue weighted by Crippen LogP contribution is -2.34. The van der Waals surface area contributed by atoms with Gasteiger partial charge in [0.1, 0.15) is 5.75 Å². The third-order valence-corrected chi connectivity index (χ3v) is 4.85. The van der Waals surface area contributed by atoms with Gasteiger partial charge in [-0.1, -0.05) is 17.7 Å². The molecule has 0 aromatic heterocycles. The van der Waals surface area contributed by atoms with E-state index >= 15 is 0 Å². The largest absolute Gasteiger partial charge is 0.484 e. The van der Waals surface area contributed by atoms with Gasteiger partial charge in [0.2, 0.25) is 0 Å². The smallest absolute Gasteiger partial charge is 0.260 e. The summed E-state index contributed by atoms with van der Waals surface area (Å²) in [6, 6.07) is 5.96. The average molecular weight is 289 g/mol. The molecule has 0 spiro atoms. The molecule has 1 aromatic rings. The van der Waals surface area contributed by atoms with Crippen molar-refractivity contribution in [2.45, 2.75) is 32.8 Å². The second-order valence-corrected chi connectivity index (χ2v) is 6.42. The minimum absolute atomic E-state index is 0.0246. The van der Waals surface area contributed by atoms with Crippen LogP contribution in [0.1, 0.15) is 24.0 Å². The Kier molecular flexibility index (Phi) is 3.89. The van der Waals surface area contributed by atoms with Gasteiger partial charge in [0.05, 0.1) is 6.10 Å². The minimum atomic E-state index is -0.229. The van der Waals surface area contributed by atoms with E-state index in [9.17, 15) is 9.90 Å². The Balaban J connectivity index is 1.55. The number of likely N-dealkylation sites (tertiary alicyclic amines) is 1. The number of nitrogens with zero attached hydrogens (tertiary/aromatic N) is 1. The predicted octanol–water partition coefficient (Wildman–Crippen LogP) is 1.91. The Morgan fingerprint density at radius 3 is 2.86 bits per heavy atom. The molecule has 4 nitrogen and oxygen atoms in total. The summed E-state index contributed by atoms with van der Waals surface area (Å²) in [5.74, 6) is 1.55. The van der Waals surface area contributed by atoms with Gasteiger partial charge in [-0.2, -0.15) is 0 Å². The highest BCUT2D eigenvalue weighted by molar-refractivity contribution is 5.78. The molecule has 1 aromatic carbocycles. The van der Waals surface area contributed by atoms with Crippen LogP contribution in [0.5, 0.6) is 5.75 Å². The molecule has 3 atom stereocenters. The Labute approximate surface area is 125 Å². The molecule has 1 N–H and O–H groups in total. The van der Waals surface area contributed by atoms with Crippen molar-refractivity contribution in [2.75, 3.05) is 19.7 Å². The summed E-state index contributed by atoms with van der Waals surface area (Å²) in [6.07, 6.45) is 1.69. The highest BCUT2D eigenvalue weighted by Gasteiger charge is 2.43. The summed E-state index contributed by atoms with van der Waals surface area (Å²) >= 11 is 0. The molecule has 4 heteroatoms. The zero-order valence-corrected chi connectivity index (χ0v) is 12.7. The molecule has 2 fully saturated rings. The molecule has 21 heavy (non-hydrogen) atoms. The van der Waals surface area contributed by atoms with Crippen LogP contribution in [-0.4, -0.2) is 41.7 Å². The van der Waals surface area contributed by atoms with Gasteiger partial charge in [0.25, 0.3) is 5.91 Å². The first-order valence-electron chi connectivity index (χ1n) is 7.70. The second-order valence-electron chi connectivity index (χ2n) is 6.42. The maximum absolute atomic E-state index is 12.3. The van der Waals surface area contributed by atoms with Gasteiger partial charge in [-0.05, 0) is 44.2 Å². The maximum Gasteiger partial charge on any atom is 0.260 e. The number of ether oxygens (including phenoxy) is 1. The maximum atomic E-state index is 12.3. The minimum Gasteiger partial charge on any atom is -0.484 e. The zero-order valence-electron chi connectivity index (χ0n) is 12.7. The third kappa shape index (κ3) is 2.91. The molecule has 0 radical (unpaired) electrons. The van der Waals surface area contributed by atoms with E-state index in [1.54, 1.807) is 0 Å². The van der Waals surface area contributed by atoms with Gasteiger partial charge >= 0.3 is 0 Å². The summed E-state index contributed by atoms with van der Waals surface area (Å²) in [7, 11) is 0. The van der Waals surface area contributed by atoms with Gasteiger partial charge in [0, 0.05) is 19.0 Å². The summed E-state index contributed by atoms with van der Waals surface area (Å²) in [6.45, 7) is 5.57. The van der Waals surface area contributed by atoms with Gasteiger partial charge in [0.15, 0.2) is 6.61 Å².